The average Bonchev–Trinajstić information content (AvgIpc) is 2.52. The number of para-hydroxylation sites is 1. The Kier molecular flexibility index (Phi) is 2.46. The Morgan fingerprint density at radius 3 is 2.62 bits per heavy atom. The Balaban J connectivity index is 2.78. The first kappa shape index (κ1) is 10.7. The number of aryl methyl sites for hydroxylation is 1. The molecule has 84 valence electrons. The predicted molar refractivity (Wildman–Crippen MR) is 63.7 cm³/mol. The van der Waals surface area contributed by atoms with E-state index in [-0.39, 0.29) is 0 Å². The van der Waals surface area contributed by atoms with Gasteiger partial charge in [0.1, 0.15) is 0 Å². The number of benzene rings is 1. The van der Waals surface area contributed by atoms with Crippen LogP contribution in [0.4, 0.5) is 0 Å². The number of carbonyl (C=O) groups is 1. The Morgan fingerprint density at radius 1 is 1.38 bits per heavy atom. The van der Waals surface area contributed by atoms with Crippen LogP contribution in [0.1, 0.15) is 24.1 Å². The third kappa shape index (κ3) is 1.40. The third-order valence-corrected chi connectivity index (χ3v) is 3.25. The summed E-state index contributed by atoms with van der Waals surface area (Å²) in [5, 5.41) is 10.2. The number of aliphatic carboxylic acids is 1. The van der Waals surface area contributed by atoms with Crippen molar-refractivity contribution in [2.45, 2.75) is 19.8 Å². The summed E-state index contributed by atoms with van der Waals surface area (Å²) >= 11 is 0. The van der Waals surface area contributed by atoms with Gasteiger partial charge in [0.15, 0.2) is 0 Å². The van der Waals surface area contributed by atoms with E-state index in [2.05, 4.69) is 0 Å². The van der Waals surface area contributed by atoms with Crippen molar-refractivity contribution in [3.63, 3.8) is 0 Å². The van der Waals surface area contributed by atoms with Gasteiger partial charge in [-0.15, -0.1) is 0 Å². The molecule has 1 atom stereocenters. The Labute approximate surface area is 94.3 Å². The van der Waals surface area contributed by atoms with Crippen molar-refractivity contribution in [1.29, 1.82) is 0 Å². The number of hydrogen-bond donors (Lipinski definition) is 1. The quantitative estimate of drug-likeness (QED) is 0.840. The molecule has 2 rings (SSSR count). The molecule has 0 amide bonds. The molecule has 0 aliphatic carbocycles. The van der Waals surface area contributed by atoms with Crippen molar-refractivity contribution in [1.82, 2.24) is 4.57 Å². The first-order valence-corrected chi connectivity index (χ1v) is 5.30. The van der Waals surface area contributed by atoms with Gasteiger partial charge in [0.25, 0.3) is 0 Å². The molecule has 1 aromatic heterocycles. The number of hydrogen-bond acceptors (Lipinski definition) is 1. The predicted octanol–water partition coefficient (Wildman–Crippen LogP) is 2.67. The molecule has 16 heavy (non-hydrogen) atoms. The van der Waals surface area contributed by atoms with E-state index >= 15 is 0 Å². The number of carboxylic acids is 1. The van der Waals surface area contributed by atoms with Crippen molar-refractivity contribution in [2.75, 3.05) is 0 Å². The number of carboxylic acid groups (broad SMARTS) is 1. The van der Waals surface area contributed by atoms with Crippen molar-refractivity contribution in [3.8, 4) is 0 Å². The first-order chi connectivity index (χ1) is 7.54. The minimum absolute atomic E-state index is 0.467. The number of nitrogens with zero attached hydrogens (tertiary/aromatic N) is 1. The van der Waals surface area contributed by atoms with Gasteiger partial charge in [-0.3, -0.25) is 4.79 Å². The summed E-state index contributed by atoms with van der Waals surface area (Å²) in [6, 6.07) is 7.91. The van der Waals surface area contributed by atoms with Crippen molar-refractivity contribution < 1.29 is 9.90 Å². The summed E-state index contributed by atoms with van der Waals surface area (Å²) in [5.41, 5.74) is 3.03. The second-order valence-corrected chi connectivity index (χ2v) is 4.14. The average molecular weight is 217 g/mol. The molecule has 0 fully saturated rings. The maximum atomic E-state index is 11.1. The van der Waals surface area contributed by atoms with E-state index < -0.39 is 11.9 Å². The van der Waals surface area contributed by atoms with Gasteiger partial charge in [0.05, 0.1) is 5.92 Å². The highest BCUT2D eigenvalue weighted by Gasteiger charge is 2.21. The van der Waals surface area contributed by atoms with Crippen LogP contribution in [0.25, 0.3) is 10.9 Å². The van der Waals surface area contributed by atoms with Gasteiger partial charge < -0.3 is 9.67 Å². The van der Waals surface area contributed by atoms with Gasteiger partial charge >= 0.3 is 5.97 Å². The summed E-state index contributed by atoms with van der Waals surface area (Å²) in [5.74, 6) is -1.24. The van der Waals surface area contributed by atoms with Crippen molar-refractivity contribution in [3.05, 3.63) is 35.5 Å². The van der Waals surface area contributed by atoms with Gasteiger partial charge in [0.2, 0.25) is 0 Å². The molecular formula is C13H15NO2. The SMILES string of the molecule is Cc1c([C@H](C)C(=O)O)c2ccccc2n1C. The molecule has 0 spiro atoms. The lowest BCUT2D eigenvalue weighted by Crippen LogP contribution is -2.08. The monoisotopic (exact) mass is 217 g/mol. The van der Waals surface area contributed by atoms with E-state index in [0.29, 0.717) is 0 Å². The van der Waals surface area contributed by atoms with Crippen LogP contribution in [0, 0.1) is 6.92 Å². The molecule has 0 saturated heterocycles. The van der Waals surface area contributed by atoms with Crippen LogP contribution in [-0.2, 0) is 11.8 Å². The molecule has 2 aromatic rings. The molecule has 0 saturated carbocycles. The van der Waals surface area contributed by atoms with Crippen LogP contribution in [0.15, 0.2) is 24.3 Å². The lowest BCUT2D eigenvalue weighted by molar-refractivity contribution is -0.138. The first-order valence-electron chi connectivity index (χ1n) is 5.30. The molecule has 0 aliphatic rings. The molecule has 1 aromatic carbocycles. The van der Waals surface area contributed by atoms with Crippen LogP contribution in [0.3, 0.4) is 0 Å². The summed E-state index contributed by atoms with van der Waals surface area (Å²) in [7, 11) is 1.97. The topological polar surface area (TPSA) is 42.2 Å². The smallest absolute Gasteiger partial charge is 0.310 e. The molecular weight excluding hydrogens is 202 g/mol. The highest BCUT2D eigenvalue weighted by molar-refractivity contribution is 5.91. The van der Waals surface area contributed by atoms with E-state index in [1.54, 1.807) is 6.92 Å². The van der Waals surface area contributed by atoms with E-state index in [4.69, 9.17) is 5.11 Å². The van der Waals surface area contributed by atoms with Crippen LogP contribution in [0.5, 0.6) is 0 Å². The van der Waals surface area contributed by atoms with Crippen LogP contribution < -0.4 is 0 Å². The normalized spacial score (nSPS) is 12.9. The maximum absolute atomic E-state index is 11.1. The zero-order valence-electron chi connectivity index (χ0n) is 9.69. The summed E-state index contributed by atoms with van der Waals surface area (Å²) < 4.78 is 2.05. The molecule has 0 bridgehead atoms. The summed E-state index contributed by atoms with van der Waals surface area (Å²) in [6.07, 6.45) is 0. The zero-order chi connectivity index (χ0) is 11.9. The molecule has 0 aliphatic heterocycles. The zero-order valence-corrected chi connectivity index (χ0v) is 9.69. The van der Waals surface area contributed by atoms with Crippen LogP contribution >= 0.6 is 0 Å². The molecule has 3 heteroatoms. The van der Waals surface area contributed by atoms with E-state index in [1.807, 2.05) is 42.8 Å². The lowest BCUT2D eigenvalue weighted by Gasteiger charge is -2.07. The third-order valence-electron chi connectivity index (χ3n) is 3.25. The second-order valence-electron chi connectivity index (χ2n) is 4.14. The molecule has 3 nitrogen and oxygen atoms in total. The minimum atomic E-state index is -0.778. The molecule has 1 heterocycles. The molecule has 1 N–H and O–H groups in total. The van der Waals surface area contributed by atoms with Gasteiger partial charge in [-0.2, -0.15) is 0 Å². The largest absolute Gasteiger partial charge is 0.481 e. The van der Waals surface area contributed by atoms with Gasteiger partial charge in [-0.1, -0.05) is 18.2 Å². The van der Waals surface area contributed by atoms with Crippen LogP contribution in [-0.4, -0.2) is 15.6 Å². The standard InChI is InChI=1S/C13H15NO2/c1-8(13(15)16)12-9(2)14(3)11-7-5-4-6-10(11)12/h4-8H,1-3H3,(H,15,16)/t8-/m0/s1. The van der Waals surface area contributed by atoms with E-state index in [0.717, 1.165) is 22.2 Å². The van der Waals surface area contributed by atoms with E-state index in [9.17, 15) is 4.79 Å². The Hall–Kier alpha value is -1.77. The second kappa shape index (κ2) is 3.67. The van der Waals surface area contributed by atoms with Gasteiger partial charge in [-0.25, -0.2) is 0 Å². The van der Waals surface area contributed by atoms with Crippen LogP contribution in [0.2, 0.25) is 0 Å². The minimum Gasteiger partial charge on any atom is -0.481 e. The fourth-order valence-electron chi connectivity index (χ4n) is 2.22. The number of aromatic nitrogens is 1. The number of fused-ring (bicyclic) bond motifs is 1. The summed E-state index contributed by atoms with van der Waals surface area (Å²) in [4.78, 5) is 11.1. The highest BCUT2D eigenvalue weighted by Crippen LogP contribution is 2.30. The fraction of sp³-hybridized carbons (Fsp3) is 0.308. The Bertz CT molecular complexity index is 554. The van der Waals surface area contributed by atoms with E-state index in [1.165, 1.54) is 0 Å². The van der Waals surface area contributed by atoms with Crippen molar-refractivity contribution in [2.24, 2.45) is 7.05 Å². The van der Waals surface area contributed by atoms with Crippen molar-refractivity contribution >= 4 is 16.9 Å². The van der Waals surface area contributed by atoms with Gasteiger partial charge in [0, 0.05) is 23.6 Å². The van der Waals surface area contributed by atoms with Gasteiger partial charge in [-0.05, 0) is 25.5 Å². The lowest BCUT2D eigenvalue weighted by atomic mass is 9.98. The fourth-order valence-corrected chi connectivity index (χ4v) is 2.22. The highest BCUT2D eigenvalue weighted by atomic mass is 16.4. The number of rotatable bonds is 2. The molecule has 0 radical (unpaired) electrons. The molecule has 0 unspecified atom stereocenters. The summed E-state index contributed by atoms with van der Waals surface area (Å²) in [6.45, 7) is 3.70. The Morgan fingerprint density at radius 2 is 2.00 bits per heavy atom. The maximum Gasteiger partial charge on any atom is 0.310 e.